The lowest BCUT2D eigenvalue weighted by molar-refractivity contribution is 0.673. The second-order valence-electron chi connectivity index (χ2n) is 16.5. The smallest absolute Gasteiger partial charge is 0.143 e. The summed E-state index contributed by atoms with van der Waals surface area (Å²) in [6.07, 6.45) is 0. The molecule has 12 rings (SSSR count). The van der Waals surface area contributed by atoms with Crippen molar-refractivity contribution in [1.29, 1.82) is 0 Å². The molecule has 4 nitrogen and oxygen atoms in total. The van der Waals surface area contributed by atoms with Gasteiger partial charge in [0.2, 0.25) is 0 Å². The number of furan rings is 1. The van der Waals surface area contributed by atoms with Crippen molar-refractivity contribution < 1.29 is 4.42 Å². The average molecular weight is 846 g/mol. The van der Waals surface area contributed by atoms with Crippen LogP contribution in [0.1, 0.15) is 0 Å². The maximum Gasteiger partial charge on any atom is 0.143 e. The summed E-state index contributed by atoms with van der Waals surface area (Å²) >= 11 is 0. The van der Waals surface area contributed by atoms with E-state index in [0.29, 0.717) is 0 Å². The molecule has 11 aromatic carbocycles. The number of rotatable bonds is 10. The standard InChI is InChI=1S/C62H43N3O/c1-5-22-46(23-6-1)63(47-24-7-2-8-25-47)50-30-17-20-44(40-50)45-21-18-31-51(41-45)64(48-26-9-3-10-27-48)52-32-19-33-53(42-52)65(49-28-11-4-12-29-49)54-38-39-56-55-34-13-14-35-57(55)62-61(59(56)43-54)58-36-15-16-37-60(58)66-62/h1-43H. The molecule has 1 heterocycles. The minimum atomic E-state index is 0.891. The molecule has 0 atom stereocenters. The van der Waals surface area contributed by atoms with Gasteiger partial charge in [-0.05, 0) is 136 Å². The minimum Gasteiger partial charge on any atom is -0.455 e. The molecule has 0 spiro atoms. The van der Waals surface area contributed by atoms with Crippen LogP contribution in [0.25, 0.3) is 54.6 Å². The van der Waals surface area contributed by atoms with Gasteiger partial charge < -0.3 is 19.1 Å². The lowest BCUT2D eigenvalue weighted by Gasteiger charge is -2.30. The number of hydrogen-bond donors (Lipinski definition) is 0. The summed E-state index contributed by atoms with van der Waals surface area (Å²) < 4.78 is 6.64. The third kappa shape index (κ3) is 6.98. The van der Waals surface area contributed by atoms with Crippen molar-refractivity contribution in [3.05, 3.63) is 261 Å². The Labute approximate surface area is 384 Å². The Kier molecular flexibility index (Phi) is 9.81. The van der Waals surface area contributed by atoms with Crippen molar-refractivity contribution in [3.63, 3.8) is 0 Å². The first-order chi connectivity index (χ1) is 32.7. The Morgan fingerprint density at radius 2 is 0.591 bits per heavy atom. The second-order valence-corrected chi connectivity index (χ2v) is 16.5. The fourth-order valence-corrected chi connectivity index (χ4v) is 9.60. The first-order valence-electron chi connectivity index (χ1n) is 22.4. The van der Waals surface area contributed by atoms with Crippen LogP contribution >= 0.6 is 0 Å². The maximum absolute atomic E-state index is 6.64. The summed E-state index contributed by atoms with van der Waals surface area (Å²) in [7, 11) is 0. The van der Waals surface area contributed by atoms with Crippen molar-refractivity contribution in [2.24, 2.45) is 0 Å². The number of anilines is 9. The lowest BCUT2D eigenvalue weighted by Crippen LogP contribution is -2.13. The zero-order chi connectivity index (χ0) is 43.8. The van der Waals surface area contributed by atoms with Crippen LogP contribution in [0.3, 0.4) is 0 Å². The molecule has 1 aromatic heterocycles. The predicted molar refractivity (Wildman–Crippen MR) is 278 cm³/mol. The van der Waals surface area contributed by atoms with E-state index < -0.39 is 0 Å². The molecule has 66 heavy (non-hydrogen) atoms. The van der Waals surface area contributed by atoms with E-state index in [9.17, 15) is 0 Å². The van der Waals surface area contributed by atoms with Gasteiger partial charge in [-0.25, -0.2) is 0 Å². The minimum absolute atomic E-state index is 0.891. The Morgan fingerprint density at radius 1 is 0.227 bits per heavy atom. The van der Waals surface area contributed by atoms with Crippen LogP contribution < -0.4 is 14.7 Å². The molecule has 0 radical (unpaired) electrons. The van der Waals surface area contributed by atoms with Crippen LogP contribution in [0.15, 0.2) is 265 Å². The highest BCUT2D eigenvalue weighted by Gasteiger charge is 2.21. The summed E-state index contributed by atoms with van der Waals surface area (Å²) in [4.78, 5) is 7.03. The van der Waals surface area contributed by atoms with E-state index in [0.717, 1.165) is 95.0 Å². The lowest BCUT2D eigenvalue weighted by atomic mass is 9.96. The average Bonchev–Trinajstić information content (AvgIpc) is 3.79. The molecule has 0 aliphatic carbocycles. The zero-order valence-electron chi connectivity index (χ0n) is 36.1. The first kappa shape index (κ1) is 38.8. The molecule has 0 unspecified atom stereocenters. The Balaban J connectivity index is 0.987. The number of nitrogens with zero attached hydrogens (tertiary/aromatic N) is 3. The van der Waals surface area contributed by atoms with E-state index in [4.69, 9.17) is 4.42 Å². The van der Waals surface area contributed by atoms with Gasteiger partial charge in [0.25, 0.3) is 0 Å². The summed E-state index contributed by atoms with van der Waals surface area (Å²) in [5, 5.41) is 6.91. The van der Waals surface area contributed by atoms with Gasteiger partial charge in [-0.2, -0.15) is 0 Å². The van der Waals surface area contributed by atoms with Gasteiger partial charge in [0.15, 0.2) is 0 Å². The second kappa shape index (κ2) is 16.7. The molecular weight excluding hydrogens is 803 g/mol. The third-order valence-corrected chi connectivity index (χ3v) is 12.5. The number of benzene rings is 11. The van der Waals surface area contributed by atoms with Crippen LogP contribution in [-0.2, 0) is 0 Å². The van der Waals surface area contributed by atoms with Crippen LogP contribution in [0.4, 0.5) is 51.2 Å². The van der Waals surface area contributed by atoms with Gasteiger partial charge in [-0.3, -0.25) is 0 Å². The highest BCUT2D eigenvalue weighted by atomic mass is 16.3. The van der Waals surface area contributed by atoms with Crippen LogP contribution in [-0.4, -0.2) is 0 Å². The molecule has 312 valence electrons. The quantitative estimate of drug-likeness (QED) is 0.128. The molecule has 0 N–H and O–H groups in total. The van der Waals surface area contributed by atoms with E-state index in [1.807, 2.05) is 6.07 Å². The van der Waals surface area contributed by atoms with E-state index in [1.54, 1.807) is 0 Å². The van der Waals surface area contributed by atoms with Crippen LogP contribution in [0.5, 0.6) is 0 Å². The zero-order valence-corrected chi connectivity index (χ0v) is 36.1. The number of hydrogen-bond acceptors (Lipinski definition) is 4. The van der Waals surface area contributed by atoms with Crippen LogP contribution in [0, 0.1) is 0 Å². The van der Waals surface area contributed by atoms with Gasteiger partial charge in [-0.1, -0.05) is 152 Å². The maximum atomic E-state index is 6.64. The van der Waals surface area contributed by atoms with Gasteiger partial charge in [0.1, 0.15) is 11.2 Å². The van der Waals surface area contributed by atoms with E-state index >= 15 is 0 Å². The monoisotopic (exact) mass is 845 g/mol. The van der Waals surface area contributed by atoms with E-state index in [1.165, 1.54) is 10.8 Å². The molecule has 12 aromatic rings. The summed E-state index contributed by atoms with van der Waals surface area (Å²) in [5.41, 5.74) is 13.7. The third-order valence-electron chi connectivity index (χ3n) is 12.5. The molecule has 0 saturated heterocycles. The summed E-state index contributed by atoms with van der Waals surface area (Å²) in [6.45, 7) is 0. The molecule has 0 amide bonds. The van der Waals surface area contributed by atoms with E-state index in [-0.39, 0.29) is 0 Å². The van der Waals surface area contributed by atoms with Crippen molar-refractivity contribution in [2.75, 3.05) is 14.7 Å². The SMILES string of the molecule is c1ccc(N(c2ccccc2)c2cccc(-c3cccc(N(c4ccccc4)c4cccc(N(c5ccccc5)c5ccc6c7ccccc7c7oc8ccccc8c7c6c5)c4)c3)c2)cc1. The Bertz CT molecular complexity index is 3620. The van der Waals surface area contributed by atoms with Crippen LogP contribution in [0.2, 0.25) is 0 Å². The van der Waals surface area contributed by atoms with Gasteiger partial charge in [-0.15, -0.1) is 0 Å². The summed E-state index contributed by atoms with van der Waals surface area (Å²) in [6, 6.07) is 92.9. The molecule has 0 aliphatic rings. The van der Waals surface area contributed by atoms with Gasteiger partial charge in [0.05, 0.1) is 0 Å². The molecule has 0 aliphatic heterocycles. The molecule has 0 bridgehead atoms. The molecule has 0 saturated carbocycles. The number of fused-ring (bicyclic) bond motifs is 8. The fourth-order valence-electron chi connectivity index (χ4n) is 9.60. The van der Waals surface area contributed by atoms with Crippen molar-refractivity contribution >= 4 is 94.7 Å². The van der Waals surface area contributed by atoms with Crippen molar-refractivity contribution in [2.45, 2.75) is 0 Å². The van der Waals surface area contributed by atoms with Crippen molar-refractivity contribution in [1.82, 2.24) is 0 Å². The van der Waals surface area contributed by atoms with Gasteiger partial charge >= 0.3 is 0 Å². The van der Waals surface area contributed by atoms with Gasteiger partial charge in [0, 0.05) is 67.3 Å². The topological polar surface area (TPSA) is 22.9 Å². The fraction of sp³-hybridized carbons (Fsp3) is 0. The molecule has 0 fully saturated rings. The molecular formula is C62H43N3O. The highest BCUT2D eigenvalue weighted by molar-refractivity contribution is 6.30. The first-order valence-corrected chi connectivity index (χ1v) is 22.4. The molecule has 4 heteroatoms. The largest absolute Gasteiger partial charge is 0.455 e. The predicted octanol–water partition coefficient (Wildman–Crippen LogP) is 18.0. The number of para-hydroxylation sites is 5. The summed E-state index contributed by atoms with van der Waals surface area (Å²) in [5.74, 6) is 0. The van der Waals surface area contributed by atoms with Crippen molar-refractivity contribution in [3.8, 4) is 11.1 Å². The van der Waals surface area contributed by atoms with E-state index in [2.05, 4.69) is 269 Å². The normalized spacial score (nSPS) is 11.3. The highest BCUT2D eigenvalue weighted by Crippen LogP contribution is 2.46. The Morgan fingerprint density at radius 3 is 1.11 bits per heavy atom. The Hall–Kier alpha value is -8.86.